The van der Waals surface area contributed by atoms with Crippen LogP contribution < -0.4 is 4.72 Å². The Morgan fingerprint density at radius 2 is 1.96 bits per heavy atom. The fraction of sp³-hybridized carbons (Fsp3) is 0.333. The van der Waals surface area contributed by atoms with Gasteiger partial charge in [-0.2, -0.15) is 0 Å². The number of carbonyl (C=O) groups excluding carboxylic acids is 1. The van der Waals surface area contributed by atoms with Gasteiger partial charge >= 0.3 is 0 Å². The highest BCUT2D eigenvalue weighted by molar-refractivity contribution is 7.89. The molecule has 1 aliphatic rings. The number of carbonyl (C=O) groups is 1. The third-order valence-electron chi connectivity index (χ3n) is 4.34. The number of nitrogens with zero attached hydrogens (tertiary/aromatic N) is 1. The lowest BCUT2D eigenvalue weighted by Gasteiger charge is -2.18. The topological polar surface area (TPSA) is 76.1 Å². The minimum atomic E-state index is -3.25. The molecule has 132 valence electrons. The van der Waals surface area contributed by atoms with Crippen LogP contribution in [0.25, 0.3) is 11.1 Å². The van der Waals surface area contributed by atoms with Crippen molar-refractivity contribution in [3.05, 3.63) is 52.3 Å². The Hall–Kier alpha value is -1.76. The maximum atomic E-state index is 11.6. The predicted octanol–water partition coefficient (Wildman–Crippen LogP) is 2.90. The van der Waals surface area contributed by atoms with E-state index >= 15 is 0 Å². The Balaban J connectivity index is 1.89. The zero-order chi connectivity index (χ0) is 18.0. The molecule has 0 amide bonds. The predicted molar refractivity (Wildman–Crippen MR) is 98.0 cm³/mol. The fourth-order valence-corrected chi connectivity index (χ4v) is 3.77. The zero-order valence-electron chi connectivity index (χ0n) is 13.9. The third kappa shape index (κ3) is 4.26. The lowest BCUT2D eigenvalue weighted by Crippen LogP contribution is -2.24. The van der Waals surface area contributed by atoms with E-state index < -0.39 is 10.0 Å². The molecule has 0 aliphatic heterocycles. The first-order valence-electron chi connectivity index (χ1n) is 8.12. The Kier molecular flexibility index (Phi) is 5.22. The molecular weight excluding hydrogens is 360 g/mol. The number of aryl methyl sites for hydroxylation is 1. The third-order valence-corrected chi connectivity index (χ3v) is 6.02. The van der Waals surface area contributed by atoms with E-state index in [2.05, 4.69) is 9.71 Å². The molecule has 3 rings (SSSR count). The Morgan fingerprint density at radius 1 is 1.16 bits per heavy atom. The van der Waals surface area contributed by atoms with E-state index in [1.165, 1.54) is 0 Å². The van der Waals surface area contributed by atoms with E-state index in [9.17, 15) is 13.2 Å². The molecule has 0 radical (unpaired) electrons. The van der Waals surface area contributed by atoms with Crippen molar-refractivity contribution in [1.29, 1.82) is 0 Å². The van der Waals surface area contributed by atoms with Crippen LogP contribution in [0.1, 0.15) is 30.0 Å². The molecule has 0 spiro atoms. The largest absolute Gasteiger partial charge is 0.299 e. The van der Waals surface area contributed by atoms with Crippen LogP contribution in [0.15, 0.2) is 30.6 Å². The number of hydrogen-bond acceptors (Lipinski definition) is 4. The van der Waals surface area contributed by atoms with E-state index in [0.717, 1.165) is 27.8 Å². The van der Waals surface area contributed by atoms with Crippen LogP contribution in [-0.4, -0.2) is 24.9 Å². The first-order chi connectivity index (χ1) is 11.9. The number of nitrogens with one attached hydrogen (secondary N) is 1. The van der Waals surface area contributed by atoms with Crippen molar-refractivity contribution in [2.45, 2.75) is 32.7 Å². The molecule has 7 heteroatoms. The van der Waals surface area contributed by atoms with Gasteiger partial charge in [-0.05, 0) is 47.7 Å². The van der Waals surface area contributed by atoms with Crippen molar-refractivity contribution in [2.75, 3.05) is 5.75 Å². The molecule has 1 aromatic carbocycles. The summed E-state index contributed by atoms with van der Waals surface area (Å²) in [6.45, 7) is 1.79. The van der Waals surface area contributed by atoms with Gasteiger partial charge in [-0.1, -0.05) is 17.7 Å². The van der Waals surface area contributed by atoms with Gasteiger partial charge in [-0.25, -0.2) is 13.1 Å². The summed E-state index contributed by atoms with van der Waals surface area (Å²) < 4.78 is 25.7. The Labute approximate surface area is 152 Å². The molecule has 25 heavy (non-hydrogen) atoms. The molecule has 5 nitrogen and oxygen atoms in total. The molecule has 1 aromatic heterocycles. The van der Waals surface area contributed by atoms with Crippen LogP contribution in [0.4, 0.5) is 0 Å². The highest BCUT2D eigenvalue weighted by Crippen LogP contribution is 2.32. The standard InChI is InChI=1S/C18H19ClN2O3S/c1-2-25(23,24)21-10-12-5-15(11-20-9-12)14-6-13-3-4-16(22)8-17(13)18(19)7-14/h5-7,9,11,21H,2-4,8,10H2,1H3. The number of ketones is 1. The maximum absolute atomic E-state index is 11.6. The Morgan fingerprint density at radius 3 is 2.72 bits per heavy atom. The molecule has 1 aliphatic carbocycles. The number of pyridine rings is 1. The second kappa shape index (κ2) is 7.23. The molecule has 0 bridgehead atoms. The normalized spacial score (nSPS) is 14.4. The van der Waals surface area contributed by atoms with Crippen molar-refractivity contribution >= 4 is 27.4 Å². The molecule has 0 fully saturated rings. The summed E-state index contributed by atoms with van der Waals surface area (Å²) in [6.07, 6.45) is 5.00. The van der Waals surface area contributed by atoms with Crippen LogP contribution in [0, 0.1) is 0 Å². The molecule has 0 unspecified atom stereocenters. The first-order valence-corrected chi connectivity index (χ1v) is 10.2. The number of aromatic nitrogens is 1. The molecule has 1 N–H and O–H groups in total. The van der Waals surface area contributed by atoms with Crippen molar-refractivity contribution in [3.8, 4) is 11.1 Å². The second-order valence-corrected chi connectivity index (χ2v) is 8.62. The summed E-state index contributed by atoms with van der Waals surface area (Å²) >= 11 is 6.38. The van der Waals surface area contributed by atoms with Gasteiger partial charge in [-0.15, -0.1) is 0 Å². The highest BCUT2D eigenvalue weighted by atomic mass is 35.5. The average molecular weight is 379 g/mol. The first kappa shape index (κ1) is 18.0. The van der Waals surface area contributed by atoms with Crippen LogP contribution in [0.2, 0.25) is 5.02 Å². The summed E-state index contributed by atoms with van der Waals surface area (Å²) in [7, 11) is -3.25. The quantitative estimate of drug-likeness (QED) is 0.867. The maximum Gasteiger partial charge on any atom is 0.211 e. The van der Waals surface area contributed by atoms with Gasteiger partial charge in [0.25, 0.3) is 0 Å². The van der Waals surface area contributed by atoms with Crippen molar-refractivity contribution in [3.63, 3.8) is 0 Å². The van der Waals surface area contributed by atoms with Gasteiger partial charge in [0, 0.05) is 42.4 Å². The van der Waals surface area contributed by atoms with Gasteiger partial charge in [0.1, 0.15) is 5.78 Å². The number of hydrogen-bond donors (Lipinski definition) is 1. The summed E-state index contributed by atoms with van der Waals surface area (Å²) in [6, 6.07) is 5.79. The van der Waals surface area contributed by atoms with E-state index in [0.29, 0.717) is 24.3 Å². The van der Waals surface area contributed by atoms with Gasteiger partial charge in [-0.3, -0.25) is 9.78 Å². The van der Waals surface area contributed by atoms with Crippen molar-refractivity contribution in [1.82, 2.24) is 9.71 Å². The summed E-state index contributed by atoms with van der Waals surface area (Å²) in [5.74, 6) is 0.258. The molecule has 1 heterocycles. The number of sulfonamides is 1. The summed E-state index contributed by atoms with van der Waals surface area (Å²) in [4.78, 5) is 15.8. The van der Waals surface area contributed by atoms with Crippen molar-refractivity contribution in [2.24, 2.45) is 0 Å². The minimum Gasteiger partial charge on any atom is -0.299 e. The van der Waals surface area contributed by atoms with Crippen LogP contribution in [-0.2, 0) is 34.2 Å². The van der Waals surface area contributed by atoms with Crippen LogP contribution in [0.3, 0.4) is 0 Å². The number of rotatable bonds is 5. The molecule has 0 saturated carbocycles. The number of fused-ring (bicyclic) bond motifs is 1. The minimum absolute atomic E-state index is 0.0409. The van der Waals surface area contributed by atoms with E-state index in [-0.39, 0.29) is 18.1 Å². The van der Waals surface area contributed by atoms with Gasteiger partial charge in [0.2, 0.25) is 10.0 Å². The average Bonchev–Trinajstić information content (AvgIpc) is 2.61. The smallest absolute Gasteiger partial charge is 0.211 e. The second-order valence-electron chi connectivity index (χ2n) is 6.12. The van der Waals surface area contributed by atoms with E-state index in [1.54, 1.807) is 19.3 Å². The molecule has 0 atom stereocenters. The van der Waals surface area contributed by atoms with E-state index in [1.807, 2.05) is 18.2 Å². The molecule has 0 saturated heterocycles. The molecule has 2 aromatic rings. The monoisotopic (exact) mass is 378 g/mol. The van der Waals surface area contributed by atoms with Gasteiger partial charge < -0.3 is 0 Å². The number of halogens is 1. The van der Waals surface area contributed by atoms with Crippen molar-refractivity contribution < 1.29 is 13.2 Å². The number of Topliss-reactive ketones (excluding diaryl/α,β-unsaturated/α-hetero) is 1. The van der Waals surface area contributed by atoms with Gasteiger partial charge in [0.15, 0.2) is 0 Å². The number of benzene rings is 1. The van der Waals surface area contributed by atoms with Gasteiger partial charge in [0.05, 0.1) is 5.75 Å². The fourth-order valence-electron chi connectivity index (χ4n) is 2.88. The Bertz CT molecular complexity index is 926. The summed E-state index contributed by atoms with van der Waals surface area (Å²) in [5.41, 5.74) is 4.58. The van der Waals surface area contributed by atoms with E-state index in [4.69, 9.17) is 11.6 Å². The SMILES string of the molecule is CCS(=O)(=O)NCc1cncc(-c2cc(Cl)c3c(c2)CCC(=O)C3)c1. The van der Waals surface area contributed by atoms with Crippen LogP contribution in [0.5, 0.6) is 0 Å². The highest BCUT2D eigenvalue weighted by Gasteiger charge is 2.19. The lowest BCUT2D eigenvalue weighted by atomic mass is 9.88. The lowest BCUT2D eigenvalue weighted by molar-refractivity contribution is -0.118. The molecular formula is C18H19ClN2O3S. The zero-order valence-corrected chi connectivity index (χ0v) is 15.5. The summed E-state index contributed by atoms with van der Waals surface area (Å²) in [5, 5.41) is 0.595. The van der Waals surface area contributed by atoms with Crippen LogP contribution >= 0.6 is 11.6 Å².